The normalized spacial score (nSPS) is 9.83. The van der Waals surface area contributed by atoms with Gasteiger partial charge in [-0.2, -0.15) is 0 Å². The third-order valence-electron chi connectivity index (χ3n) is 4.29. The van der Waals surface area contributed by atoms with E-state index in [-0.39, 0.29) is 0 Å². The summed E-state index contributed by atoms with van der Waals surface area (Å²) in [6.45, 7) is 30.3. The zero-order valence-corrected chi connectivity index (χ0v) is 19.2. The van der Waals surface area contributed by atoms with E-state index in [2.05, 4.69) is 89.7 Å². The summed E-state index contributed by atoms with van der Waals surface area (Å²) in [4.78, 5) is 0. The summed E-state index contributed by atoms with van der Waals surface area (Å²) in [5.74, 6) is 0. The standard InChI is InChI=1S/C10H18.C10H20.C4H10/c1-7(2)9(5)10(6)8(3)4;1-6-9(2)7-8-10(3,4)5;1-3-4-2/h1-6H3;2,6-8H2,1,3-5H3;3-4H2,1-2H3. The second-order valence-electron chi connectivity index (χ2n) is 8.41. The lowest BCUT2D eigenvalue weighted by molar-refractivity contribution is 0.376. The molecular weight excluding hydrogens is 288 g/mol. The van der Waals surface area contributed by atoms with Crippen molar-refractivity contribution in [2.45, 2.75) is 115 Å². The Morgan fingerprint density at radius 1 is 0.708 bits per heavy atom. The highest BCUT2D eigenvalue weighted by Crippen LogP contribution is 2.23. The summed E-state index contributed by atoms with van der Waals surface area (Å²) in [6.07, 6.45) is 6.23. The monoisotopic (exact) mass is 336 g/mol. The Bertz CT molecular complexity index is 351. The molecule has 144 valence electrons. The highest BCUT2D eigenvalue weighted by Gasteiger charge is 2.09. The van der Waals surface area contributed by atoms with E-state index in [1.54, 1.807) is 0 Å². The van der Waals surface area contributed by atoms with Gasteiger partial charge in [0.15, 0.2) is 0 Å². The van der Waals surface area contributed by atoms with Gasteiger partial charge in [0.2, 0.25) is 0 Å². The Balaban J connectivity index is -0.000000301. The number of hydrogen-bond donors (Lipinski definition) is 0. The lowest BCUT2D eigenvalue weighted by atomic mass is 9.88. The first-order chi connectivity index (χ1) is 10.8. The third kappa shape index (κ3) is 21.2. The van der Waals surface area contributed by atoms with Crippen molar-refractivity contribution in [2.75, 3.05) is 0 Å². The molecule has 0 bridgehead atoms. The molecule has 0 heterocycles. The Kier molecular flexibility index (Phi) is 18.4. The van der Waals surface area contributed by atoms with Crippen LogP contribution in [-0.2, 0) is 0 Å². The summed E-state index contributed by atoms with van der Waals surface area (Å²) in [5, 5.41) is 0. The van der Waals surface area contributed by atoms with Crippen molar-refractivity contribution >= 4 is 0 Å². The van der Waals surface area contributed by atoms with Gasteiger partial charge in [-0.15, -0.1) is 0 Å². The first-order valence-electron chi connectivity index (χ1n) is 9.79. The average Bonchev–Trinajstić information content (AvgIpc) is 2.50. The molecule has 0 aliphatic heterocycles. The van der Waals surface area contributed by atoms with Gasteiger partial charge in [0.1, 0.15) is 0 Å². The molecule has 0 saturated heterocycles. The van der Waals surface area contributed by atoms with Crippen LogP contribution in [0.2, 0.25) is 0 Å². The summed E-state index contributed by atoms with van der Waals surface area (Å²) in [6, 6.07) is 0. The van der Waals surface area contributed by atoms with E-state index in [1.165, 1.54) is 53.5 Å². The van der Waals surface area contributed by atoms with Crippen molar-refractivity contribution in [3.05, 3.63) is 34.4 Å². The lowest BCUT2D eigenvalue weighted by Crippen LogP contribution is -2.04. The second kappa shape index (κ2) is 15.7. The van der Waals surface area contributed by atoms with Crippen LogP contribution in [0, 0.1) is 5.41 Å². The van der Waals surface area contributed by atoms with Gasteiger partial charge < -0.3 is 0 Å². The minimum absolute atomic E-state index is 0.470. The van der Waals surface area contributed by atoms with Gasteiger partial charge in [0.05, 0.1) is 0 Å². The van der Waals surface area contributed by atoms with Gasteiger partial charge >= 0.3 is 0 Å². The maximum Gasteiger partial charge on any atom is -0.0318 e. The minimum atomic E-state index is 0.470. The van der Waals surface area contributed by atoms with Crippen LogP contribution in [0.5, 0.6) is 0 Å². The van der Waals surface area contributed by atoms with Crippen molar-refractivity contribution in [3.8, 4) is 0 Å². The lowest BCUT2D eigenvalue weighted by Gasteiger charge is -2.17. The smallest absolute Gasteiger partial charge is 0.0318 e. The molecule has 0 aliphatic carbocycles. The highest BCUT2D eigenvalue weighted by atomic mass is 14.1. The Morgan fingerprint density at radius 3 is 1.21 bits per heavy atom. The summed E-state index contributed by atoms with van der Waals surface area (Å²) < 4.78 is 0. The minimum Gasteiger partial charge on any atom is -0.0999 e. The van der Waals surface area contributed by atoms with E-state index in [9.17, 15) is 0 Å². The highest BCUT2D eigenvalue weighted by molar-refractivity contribution is 5.33. The van der Waals surface area contributed by atoms with E-state index in [0.29, 0.717) is 5.41 Å². The fourth-order valence-electron chi connectivity index (χ4n) is 1.48. The molecule has 0 unspecified atom stereocenters. The SMILES string of the molecule is C=C(CC)CCC(C)(C)C.CC(C)=C(C)C(C)=C(C)C.CCCC. The van der Waals surface area contributed by atoms with Crippen LogP contribution in [-0.4, -0.2) is 0 Å². The van der Waals surface area contributed by atoms with Crippen molar-refractivity contribution in [2.24, 2.45) is 5.41 Å². The molecule has 0 aromatic rings. The molecule has 24 heavy (non-hydrogen) atoms. The summed E-state index contributed by atoms with van der Waals surface area (Å²) in [7, 11) is 0. The van der Waals surface area contributed by atoms with Crippen molar-refractivity contribution in [3.63, 3.8) is 0 Å². The number of hydrogen-bond acceptors (Lipinski definition) is 0. The topological polar surface area (TPSA) is 0 Å². The van der Waals surface area contributed by atoms with Gasteiger partial charge in [-0.05, 0) is 77.4 Å². The molecule has 0 N–H and O–H groups in total. The van der Waals surface area contributed by atoms with E-state index in [0.717, 1.165) is 6.42 Å². The van der Waals surface area contributed by atoms with Crippen LogP contribution in [0.3, 0.4) is 0 Å². The van der Waals surface area contributed by atoms with Crippen LogP contribution >= 0.6 is 0 Å². The first kappa shape index (κ1) is 28.0. The van der Waals surface area contributed by atoms with Crippen molar-refractivity contribution in [1.82, 2.24) is 0 Å². The van der Waals surface area contributed by atoms with E-state index >= 15 is 0 Å². The maximum atomic E-state index is 3.98. The van der Waals surface area contributed by atoms with E-state index in [4.69, 9.17) is 0 Å². The molecular formula is C24H48. The molecule has 0 radical (unpaired) electrons. The van der Waals surface area contributed by atoms with Gasteiger partial charge in [-0.1, -0.05) is 77.7 Å². The Morgan fingerprint density at radius 2 is 1.04 bits per heavy atom. The predicted molar refractivity (Wildman–Crippen MR) is 117 cm³/mol. The number of unbranched alkanes of at least 4 members (excludes halogenated alkanes) is 1. The van der Waals surface area contributed by atoms with Crippen molar-refractivity contribution in [1.29, 1.82) is 0 Å². The fraction of sp³-hybridized carbons (Fsp3) is 0.750. The first-order valence-corrected chi connectivity index (χ1v) is 9.79. The molecule has 0 aliphatic rings. The molecule has 0 fully saturated rings. The summed E-state index contributed by atoms with van der Waals surface area (Å²) in [5.41, 5.74) is 7.55. The van der Waals surface area contributed by atoms with Crippen LogP contribution in [0.25, 0.3) is 0 Å². The van der Waals surface area contributed by atoms with Gasteiger partial charge in [-0.25, -0.2) is 0 Å². The quantitative estimate of drug-likeness (QED) is 0.346. The molecule has 0 aromatic heterocycles. The second-order valence-corrected chi connectivity index (χ2v) is 8.41. The van der Waals surface area contributed by atoms with Gasteiger partial charge in [-0.3, -0.25) is 0 Å². The van der Waals surface area contributed by atoms with E-state index in [1.807, 2.05) is 0 Å². The molecule has 0 nitrogen and oxygen atoms in total. The Labute approximate surface area is 155 Å². The van der Waals surface area contributed by atoms with Crippen LogP contribution in [0.1, 0.15) is 115 Å². The molecule has 0 spiro atoms. The molecule has 0 atom stereocenters. The largest absolute Gasteiger partial charge is 0.0999 e. The molecule has 0 heteroatoms. The van der Waals surface area contributed by atoms with Crippen LogP contribution in [0.15, 0.2) is 34.4 Å². The molecule has 0 amide bonds. The Hall–Kier alpha value is -0.780. The third-order valence-corrected chi connectivity index (χ3v) is 4.29. The average molecular weight is 337 g/mol. The number of rotatable bonds is 5. The maximum absolute atomic E-state index is 3.98. The number of allylic oxidation sites excluding steroid dienone is 5. The van der Waals surface area contributed by atoms with Crippen LogP contribution < -0.4 is 0 Å². The van der Waals surface area contributed by atoms with Crippen molar-refractivity contribution < 1.29 is 0 Å². The summed E-state index contributed by atoms with van der Waals surface area (Å²) >= 11 is 0. The molecule has 0 aromatic carbocycles. The van der Waals surface area contributed by atoms with E-state index < -0.39 is 0 Å². The zero-order chi connectivity index (χ0) is 19.9. The zero-order valence-electron chi connectivity index (χ0n) is 19.2. The van der Waals surface area contributed by atoms with Gasteiger partial charge in [0.25, 0.3) is 0 Å². The molecule has 0 saturated carbocycles. The van der Waals surface area contributed by atoms with Crippen LogP contribution in [0.4, 0.5) is 0 Å². The fourth-order valence-corrected chi connectivity index (χ4v) is 1.48. The van der Waals surface area contributed by atoms with Gasteiger partial charge in [0, 0.05) is 0 Å². The predicted octanol–water partition coefficient (Wildman–Crippen LogP) is 9.28. The molecule has 0 rings (SSSR count).